The van der Waals surface area contributed by atoms with E-state index in [4.69, 9.17) is 11.6 Å². The summed E-state index contributed by atoms with van der Waals surface area (Å²) in [6, 6.07) is 17.6. The fraction of sp³-hybridized carbons (Fsp3) is 0.0435. The Balaban J connectivity index is 1.31. The standard InChI is InChI=1S/C23H15ClN4OS3/c24-16-8-6-14(7-9-16)17-10-30-21-20(17)22(26-13-25-21)31-12-19(29)28-23-27-18(11-32-23)15-4-2-1-3-5-15/h1-11,13H,12H2,(H,27,28,29). The van der Waals surface area contributed by atoms with E-state index in [0.29, 0.717) is 10.2 Å². The first-order chi connectivity index (χ1) is 15.7. The van der Waals surface area contributed by atoms with Crippen LogP contribution in [0.3, 0.4) is 0 Å². The highest BCUT2D eigenvalue weighted by Gasteiger charge is 2.15. The molecule has 2 aromatic carbocycles. The number of fused-ring (bicyclic) bond motifs is 1. The summed E-state index contributed by atoms with van der Waals surface area (Å²) >= 11 is 10.4. The lowest BCUT2D eigenvalue weighted by molar-refractivity contribution is -0.113. The third-order valence-electron chi connectivity index (χ3n) is 4.65. The number of thioether (sulfide) groups is 1. The molecule has 5 rings (SSSR count). The second kappa shape index (κ2) is 9.38. The van der Waals surface area contributed by atoms with Crippen LogP contribution < -0.4 is 5.32 Å². The fourth-order valence-corrected chi connectivity index (χ4v) is 5.82. The van der Waals surface area contributed by atoms with Crippen molar-refractivity contribution in [2.75, 3.05) is 11.1 Å². The van der Waals surface area contributed by atoms with Gasteiger partial charge >= 0.3 is 0 Å². The van der Waals surface area contributed by atoms with Crippen molar-refractivity contribution < 1.29 is 4.79 Å². The number of aromatic nitrogens is 3. The molecule has 0 aliphatic heterocycles. The van der Waals surface area contributed by atoms with Crippen LogP contribution in [-0.2, 0) is 4.79 Å². The SMILES string of the molecule is O=C(CSc1ncnc2scc(-c3ccc(Cl)cc3)c12)Nc1nc(-c2ccccc2)cs1. The Morgan fingerprint density at radius 1 is 0.969 bits per heavy atom. The molecule has 0 unspecified atom stereocenters. The van der Waals surface area contributed by atoms with Gasteiger partial charge < -0.3 is 5.32 Å². The second-order valence-corrected chi connectivity index (χ2v) is 9.87. The number of carbonyl (C=O) groups excluding carboxylic acids is 1. The van der Waals surface area contributed by atoms with Crippen molar-refractivity contribution in [2.24, 2.45) is 0 Å². The van der Waals surface area contributed by atoms with Crippen molar-refractivity contribution in [1.82, 2.24) is 15.0 Å². The van der Waals surface area contributed by atoms with E-state index in [1.54, 1.807) is 11.3 Å². The lowest BCUT2D eigenvalue weighted by Crippen LogP contribution is -2.14. The van der Waals surface area contributed by atoms with Crippen LogP contribution in [0, 0.1) is 0 Å². The van der Waals surface area contributed by atoms with Crippen molar-refractivity contribution in [2.45, 2.75) is 5.03 Å². The average molecular weight is 495 g/mol. The molecule has 0 aliphatic rings. The van der Waals surface area contributed by atoms with E-state index in [-0.39, 0.29) is 11.7 Å². The monoisotopic (exact) mass is 494 g/mol. The molecule has 0 saturated heterocycles. The Morgan fingerprint density at radius 3 is 2.59 bits per heavy atom. The van der Waals surface area contributed by atoms with Gasteiger partial charge in [-0.3, -0.25) is 4.79 Å². The molecular weight excluding hydrogens is 480 g/mol. The van der Waals surface area contributed by atoms with Crippen LogP contribution in [0.15, 0.2) is 76.7 Å². The average Bonchev–Trinajstić information content (AvgIpc) is 3.46. The summed E-state index contributed by atoms with van der Waals surface area (Å²) in [5.41, 5.74) is 3.95. The number of amides is 1. The van der Waals surface area contributed by atoms with Crippen LogP contribution in [0.25, 0.3) is 32.6 Å². The first-order valence-corrected chi connectivity index (χ1v) is 12.7. The van der Waals surface area contributed by atoms with Crippen LogP contribution in [0.1, 0.15) is 0 Å². The molecular formula is C23H15ClN4OS3. The summed E-state index contributed by atoms with van der Waals surface area (Å²) in [6.45, 7) is 0. The second-order valence-electron chi connectivity index (χ2n) is 6.76. The normalized spacial score (nSPS) is 11.0. The molecule has 5 aromatic rings. The number of hydrogen-bond donors (Lipinski definition) is 1. The number of thiophene rings is 1. The number of benzene rings is 2. The zero-order valence-electron chi connectivity index (χ0n) is 16.5. The zero-order valence-corrected chi connectivity index (χ0v) is 19.7. The highest BCUT2D eigenvalue weighted by atomic mass is 35.5. The van der Waals surface area contributed by atoms with Crippen molar-refractivity contribution in [3.8, 4) is 22.4 Å². The van der Waals surface area contributed by atoms with Crippen LogP contribution in [0.5, 0.6) is 0 Å². The lowest BCUT2D eigenvalue weighted by atomic mass is 10.1. The van der Waals surface area contributed by atoms with E-state index in [1.165, 1.54) is 29.4 Å². The quantitative estimate of drug-likeness (QED) is 0.206. The fourth-order valence-electron chi connectivity index (χ4n) is 3.16. The zero-order chi connectivity index (χ0) is 21.9. The van der Waals surface area contributed by atoms with Gasteiger partial charge in [0, 0.05) is 26.9 Å². The predicted octanol–water partition coefficient (Wildman–Crippen LogP) is 6.87. The number of rotatable bonds is 6. The Morgan fingerprint density at radius 2 is 1.78 bits per heavy atom. The Bertz CT molecular complexity index is 1380. The van der Waals surface area contributed by atoms with E-state index >= 15 is 0 Å². The maximum atomic E-state index is 12.6. The largest absolute Gasteiger partial charge is 0.301 e. The van der Waals surface area contributed by atoms with E-state index < -0.39 is 0 Å². The Labute approximate surface area is 201 Å². The van der Waals surface area contributed by atoms with E-state index in [1.807, 2.05) is 60.0 Å². The van der Waals surface area contributed by atoms with Gasteiger partial charge in [-0.1, -0.05) is 65.8 Å². The van der Waals surface area contributed by atoms with Crippen LogP contribution in [0.4, 0.5) is 5.13 Å². The number of halogens is 1. The molecule has 0 spiro atoms. The number of carbonyl (C=O) groups is 1. The molecule has 3 heterocycles. The van der Waals surface area contributed by atoms with E-state index in [9.17, 15) is 4.79 Å². The van der Waals surface area contributed by atoms with Crippen molar-refractivity contribution in [1.29, 1.82) is 0 Å². The summed E-state index contributed by atoms with van der Waals surface area (Å²) in [4.78, 5) is 26.8. The van der Waals surface area contributed by atoms with Gasteiger partial charge in [0.25, 0.3) is 0 Å². The van der Waals surface area contributed by atoms with E-state index in [0.717, 1.165) is 37.6 Å². The Hall–Kier alpha value is -2.78. The van der Waals surface area contributed by atoms with Gasteiger partial charge in [-0.05, 0) is 17.7 Å². The van der Waals surface area contributed by atoms with Crippen molar-refractivity contribution in [3.05, 3.63) is 76.7 Å². The minimum Gasteiger partial charge on any atom is -0.301 e. The number of nitrogens with one attached hydrogen (secondary N) is 1. The van der Waals surface area contributed by atoms with Gasteiger partial charge in [-0.2, -0.15) is 0 Å². The molecule has 158 valence electrons. The molecule has 0 fully saturated rings. The molecule has 9 heteroatoms. The maximum absolute atomic E-state index is 12.6. The third-order valence-corrected chi connectivity index (χ3v) is 7.54. The number of thiazole rings is 1. The van der Waals surface area contributed by atoms with E-state index in [2.05, 4.69) is 25.6 Å². The number of anilines is 1. The lowest BCUT2D eigenvalue weighted by Gasteiger charge is -2.06. The molecule has 0 bridgehead atoms. The molecule has 0 aliphatic carbocycles. The first kappa shape index (κ1) is 21.1. The minimum atomic E-state index is -0.126. The highest BCUT2D eigenvalue weighted by molar-refractivity contribution is 8.00. The molecule has 0 radical (unpaired) electrons. The Kier molecular flexibility index (Phi) is 6.18. The van der Waals surface area contributed by atoms with Gasteiger partial charge in [-0.15, -0.1) is 22.7 Å². The summed E-state index contributed by atoms with van der Waals surface area (Å²) in [7, 11) is 0. The smallest absolute Gasteiger partial charge is 0.236 e. The molecule has 0 saturated carbocycles. The van der Waals surface area contributed by atoms with Gasteiger partial charge in [0.05, 0.1) is 16.8 Å². The minimum absolute atomic E-state index is 0.126. The van der Waals surface area contributed by atoms with Gasteiger partial charge in [0.2, 0.25) is 5.91 Å². The van der Waals surface area contributed by atoms with Crippen LogP contribution in [-0.4, -0.2) is 26.6 Å². The molecule has 1 amide bonds. The third kappa shape index (κ3) is 4.54. The van der Waals surface area contributed by atoms with Gasteiger partial charge in [0.15, 0.2) is 5.13 Å². The maximum Gasteiger partial charge on any atom is 0.236 e. The highest BCUT2D eigenvalue weighted by Crippen LogP contribution is 2.38. The topological polar surface area (TPSA) is 67.8 Å². The number of hydrogen-bond acceptors (Lipinski definition) is 7. The summed E-state index contributed by atoms with van der Waals surface area (Å²) < 4.78 is 0. The molecule has 5 nitrogen and oxygen atoms in total. The van der Waals surface area contributed by atoms with Crippen LogP contribution >= 0.6 is 46.0 Å². The summed E-state index contributed by atoms with van der Waals surface area (Å²) in [5.74, 6) is 0.0985. The molecule has 3 aromatic heterocycles. The van der Waals surface area contributed by atoms with Gasteiger partial charge in [0.1, 0.15) is 16.2 Å². The van der Waals surface area contributed by atoms with Crippen LogP contribution in [0.2, 0.25) is 5.02 Å². The molecule has 32 heavy (non-hydrogen) atoms. The summed E-state index contributed by atoms with van der Waals surface area (Å²) in [6.07, 6.45) is 1.54. The van der Waals surface area contributed by atoms with Crippen molar-refractivity contribution in [3.63, 3.8) is 0 Å². The van der Waals surface area contributed by atoms with Crippen molar-refractivity contribution >= 4 is 67.3 Å². The summed E-state index contributed by atoms with van der Waals surface area (Å²) in [5, 5.41) is 9.90. The number of nitrogens with zero attached hydrogens (tertiary/aromatic N) is 3. The van der Waals surface area contributed by atoms with Gasteiger partial charge in [-0.25, -0.2) is 15.0 Å². The molecule has 0 atom stereocenters. The predicted molar refractivity (Wildman–Crippen MR) is 135 cm³/mol. The molecule has 1 N–H and O–H groups in total. The first-order valence-electron chi connectivity index (χ1n) is 9.59.